The van der Waals surface area contributed by atoms with Crippen LogP contribution < -0.4 is 5.73 Å². The molecule has 0 saturated carbocycles. The van der Waals surface area contributed by atoms with Crippen molar-refractivity contribution in [1.82, 2.24) is 0 Å². The summed E-state index contributed by atoms with van der Waals surface area (Å²) in [4.78, 5) is 11.5. The number of hydrogen-bond acceptors (Lipinski definition) is 3. The minimum atomic E-state index is -0.267. The lowest BCUT2D eigenvalue weighted by Crippen LogP contribution is -2.02. The molecule has 1 aromatic rings. The molecule has 0 aliphatic heterocycles. The molecule has 1 rings (SSSR count). The van der Waals surface area contributed by atoms with E-state index in [9.17, 15) is 4.79 Å². The maximum atomic E-state index is 11.5. The second-order valence-electron chi connectivity index (χ2n) is 4.82. The molecule has 0 aliphatic carbocycles. The Kier molecular flexibility index (Phi) is 9.24. The number of esters is 1. The summed E-state index contributed by atoms with van der Waals surface area (Å²) in [7, 11) is 0. The quantitative estimate of drug-likeness (QED) is 0.403. The molecule has 3 heteroatoms. The summed E-state index contributed by atoms with van der Waals surface area (Å²) in [5.41, 5.74) is 6.43. The van der Waals surface area contributed by atoms with Gasteiger partial charge in [0.25, 0.3) is 0 Å². The molecule has 1 aromatic carbocycles. The third-order valence-electron chi connectivity index (χ3n) is 3.05. The fourth-order valence-electron chi connectivity index (χ4n) is 1.90. The van der Waals surface area contributed by atoms with Gasteiger partial charge in [-0.15, -0.1) is 0 Å². The van der Waals surface area contributed by atoms with E-state index in [-0.39, 0.29) is 5.97 Å². The SMILES string of the molecule is NCCCCCCCCOC(=O)C=Cc1ccccc1. The number of carbonyl (C=O) groups excluding carboxylic acids is 1. The highest BCUT2D eigenvalue weighted by molar-refractivity contribution is 5.86. The van der Waals surface area contributed by atoms with Crippen molar-refractivity contribution in [2.24, 2.45) is 5.73 Å². The molecule has 0 aromatic heterocycles. The van der Waals surface area contributed by atoms with Crippen molar-refractivity contribution in [2.75, 3.05) is 13.2 Å². The van der Waals surface area contributed by atoms with Gasteiger partial charge >= 0.3 is 5.97 Å². The Morgan fingerprint density at radius 3 is 2.35 bits per heavy atom. The van der Waals surface area contributed by atoms with Crippen molar-refractivity contribution in [3.05, 3.63) is 42.0 Å². The van der Waals surface area contributed by atoms with E-state index >= 15 is 0 Å². The molecule has 20 heavy (non-hydrogen) atoms. The van der Waals surface area contributed by atoms with Gasteiger partial charge in [0.2, 0.25) is 0 Å². The van der Waals surface area contributed by atoms with Crippen molar-refractivity contribution in [3.8, 4) is 0 Å². The van der Waals surface area contributed by atoms with Gasteiger partial charge in [0, 0.05) is 6.08 Å². The Hall–Kier alpha value is -1.61. The fourth-order valence-corrected chi connectivity index (χ4v) is 1.90. The number of carbonyl (C=O) groups is 1. The average Bonchev–Trinajstić information content (AvgIpc) is 2.49. The predicted octanol–water partition coefficient (Wildman–Crippen LogP) is 3.54. The van der Waals surface area contributed by atoms with Crippen LogP contribution in [0.25, 0.3) is 6.08 Å². The van der Waals surface area contributed by atoms with Gasteiger partial charge in [0.1, 0.15) is 0 Å². The molecule has 0 saturated heterocycles. The Balaban J connectivity index is 2.02. The molecule has 110 valence electrons. The summed E-state index contributed by atoms with van der Waals surface area (Å²) in [6.45, 7) is 1.29. The maximum absolute atomic E-state index is 11.5. The van der Waals surface area contributed by atoms with E-state index in [1.165, 1.54) is 25.3 Å². The van der Waals surface area contributed by atoms with Gasteiger partial charge in [0.05, 0.1) is 6.61 Å². The van der Waals surface area contributed by atoms with Crippen LogP contribution in [-0.2, 0) is 9.53 Å². The van der Waals surface area contributed by atoms with Crippen LogP contribution in [-0.4, -0.2) is 19.1 Å². The lowest BCUT2D eigenvalue weighted by Gasteiger charge is -2.02. The van der Waals surface area contributed by atoms with Crippen molar-refractivity contribution >= 4 is 12.0 Å². The van der Waals surface area contributed by atoms with Crippen molar-refractivity contribution in [3.63, 3.8) is 0 Å². The van der Waals surface area contributed by atoms with Crippen LogP contribution >= 0.6 is 0 Å². The smallest absolute Gasteiger partial charge is 0.330 e. The molecule has 0 bridgehead atoms. The number of ether oxygens (including phenoxy) is 1. The molecule has 2 N–H and O–H groups in total. The minimum absolute atomic E-state index is 0.267. The largest absolute Gasteiger partial charge is 0.463 e. The highest BCUT2D eigenvalue weighted by atomic mass is 16.5. The summed E-state index contributed by atoms with van der Waals surface area (Å²) < 4.78 is 5.15. The molecule has 0 fully saturated rings. The van der Waals surface area contributed by atoms with E-state index in [0.29, 0.717) is 6.61 Å². The third kappa shape index (κ3) is 8.48. The van der Waals surface area contributed by atoms with Crippen LogP contribution in [0.3, 0.4) is 0 Å². The van der Waals surface area contributed by atoms with Crippen molar-refractivity contribution < 1.29 is 9.53 Å². The zero-order chi connectivity index (χ0) is 14.5. The van der Waals surface area contributed by atoms with Gasteiger partial charge in [-0.2, -0.15) is 0 Å². The van der Waals surface area contributed by atoms with E-state index in [1.807, 2.05) is 30.3 Å². The molecular formula is C17H25NO2. The summed E-state index contributed by atoms with van der Waals surface area (Å²) in [6.07, 6.45) is 10.0. The second kappa shape index (κ2) is 11.2. The van der Waals surface area contributed by atoms with Crippen molar-refractivity contribution in [1.29, 1.82) is 0 Å². The first-order valence-corrected chi connectivity index (χ1v) is 7.43. The van der Waals surface area contributed by atoms with Crippen molar-refractivity contribution in [2.45, 2.75) is 38.5 Å². The first-order chi connectivity index (χ1) is 9.83. The molecule has 0 heterocycles. The Bertz CT molecular complexity index is 387. The highest BCUT2D eigenvalue weighted by Crippen LogP contribution is 2.05. The molecule has 0 radical (unpaired) electrons. The topological polar surface area (TPSA) is 52.3 Å². The van der Waals surface area contributed by atoms with Gasteiger partial charge in [-0.3, -0.25) is 0 Å². The number of unbranched alkanes of at least 4 members (excludes halogenated alkanes) is 5. The first-order valence-electron chi connectivity index (χ1n) is 7.43. The third-order valence-corrected chi connectivity index (χ3v) is 3.05. The molecule has 0 spiro atoms. The average molecular weight is 275 g/mol. The molecule has 0 aliphatic rings. The minimum Gasteiger partial charge on any atom is -0.463 e. The van der Waals surface area contributed by atoms with Gasteiger partial charge in [-0.05, 0) is 31.0 Å². The Morgan fingerprint density at radius 1 is 1.00 bits per heavy atom. The van der Waals surface area contributed by atoms with Gasteiger partial charge in [-0.25, -0.2) is 4.79 Å². The number of rotatable bonds is 10. The van der Waals surface area contributed by atoms with Gasteiger partial charge in [0.15, 0.2) is 0 Å². The monoisotopic (exact) mass is 275 g/mol. The Labute approximate surface area is 121 Å². The van der Waals surface area contributed by atoms with E-state index in [0.717, 1.165) is 31.4 Å². The van der Waals surface area contributed by atoms with Crippen LogP contribution in [0.1, 0.15) is 44.1 Å². The summed E-state index contributed by atoms with van der Waals surface area (Å²) >= 11 is 0. The standard InChI is InChI=1S/C17H25NO2/c18-14-8-3-1-2-4-9-15-20-17(19)13-12-16-10-6-5-7-11-16/h5-7,10-13H,1-4,8-9,14-15,18H2. The zero-order valence-electron chi connectivity index (χ0n) is 12.1. The molecule has 0 atom stereocenters. The van der Waals surface area contributed by atoms with Crippen LogP contribution in [0.15, 0.2) is 36.4 Å². The predicted molar refractivity (Wildman–Crippen MR) is 83.2 cm³/mol. The van der Waals surface area contributed by atoms with E-state index in [2.05, 4.69) is 0 Å². The summed E-state index contributed by atoms with van der Waals surface area (Å²) in [5, 5.41) is 0. The fraction of sp³-hybridized carbons (Fsp3) is 0.471. The normalized spacial score (nSPS) is 10.8. The van der Waals surface area contributed by atoms with E-state index in [1.54, 1.807) is 6.08 Å². The maximum Gasteiger partial charge on any atom is 0.330 e. The van der Waals surface area contributed by atoms with Crippen LogP contribution in [0.5, 0.6) is 0 Å². The molecular weight excluding hydrogens is 250 g/mol. The number of benzene rings is 1. The van der Waals surface area contributed by atoms with Gasteiger partial charge < -0.3 is 10.5 Å². The van der Waals surface area contributed by atoms with E-state index < -0.39 is 0 Å². The number of nitrogens with two attached hydrogens (primary N) is 1. The van der Waals surface area contributed by atoms with Crippen LogP contribution in [0.2, 0.25) is 0 Å². The zero-order valence-corrected chi connectivity index (χ0v) is 12.1. The lowest BCUT2D eigenvalue weighted by atomic mass is 10.1. The lowest BCUT2D eigenvalue weighted by molar-refractivity contribution is -0.137. The van der Waals surface area contributed by atoms with Gasteiger partial charge in [-0.1, -0.05) is 56.0 Å². The summed E-state index contributed by atoms with van der Waals surface area (Å²) in [5.74, 6) is -0.267. The second-order valence-corrected chi connectivity index (χ2v) is 4.82. The summed E-state index contributed by atoms with van der Waals surface area (Å²) in [6, 6.07) is 9.73. The Morgan fingerprint density at radius 2 is 1.65 bits per heavy atom. The molecule has 0 unspecified atom stereocenters. The highest BCUT2D eigenvalue weighted by Gasteiger charge is 1.97. The van der Waals surface area contributed by atoms with Crippen LogP contribution in [0.4, 0.5) is 0 Å². The molecule has 0 amide bonds. The molecule has 3 nitrogen and oxygen atoms in total. The van der Waals surface area contributed by atoms with E-state index in [4.69, 9.17) is 10.5 Å². The first kappa shape index (κ1) is 16.4. The van der Waals surface area contributed by atoms with Crippen LogP contribution in [0, 0.1) is 0 Å². The number of hydrogen-bond donors (Lipinski definition) is 1.